The van der Waals surface area contributed by atoms with E-state index in [-0.39, 0.29) is 17.3 Å². The van der Waals surface area contributed by atoms with Gasteiger partial charge in [-0.2, -0.15) is 0 Å². The molecule has 0 bridgehead atoms. The predicted octanol–water partition coefficient (Wildman–Crippen LogP) is 6.08. The molecule has 0 spiro atoms. The third-order valence-corrected chi connectivity index (χ3v) is 7.90. The Balaban J connectivity index is 1.34. The van der Waals surface area contributed by atoms with Gasteiger partial charge in [-0.25, -0.2) is 0 Å². The molecule has 0 aliphatic heterocycles. The first-order valence-electron chi connectivity index (χ1n) is 12.0. The molecular formula is C28H33NO3. The summed E-state index contributed by atoms with van der Waals surface area (Å²) in [6, 6.07) is 16.9. The lowest BCUT2D eigenvalue weighted by molar-refractivity contribution is -0.125. The van der Waals surface area contributed by atoms with Crippen LogP contribution >= 0.6 is 0 Å². The maximum absolute atomic E-state index is 13.2. The Kier molecular flexibility index (Phi) is 5.56. The maximum Gasteiger partial charge on any atom is 0.186 e. The minimum absolute atomic E-state index is 0.00153. The molecule has 2 fully saturated rings. The van der Waals surface area contributed by atoms with E-state index in [0.29, 0.717) is 30.1 Å². The smallest absolute Gasteiger partial charge is 0.186 e. The predicted molar refractivity (Wildman–Crippen MR) is 126 cm³/mol. The van der Waals surface area contributed by atoms with Crippen molar-refractivity contribution in [2.75, 3.05) is 0 Å². The normalized spacial score (nSPS) is 30.1. The van der Waals surface area contributed by atoms with Crippen molar-refractivity contribution in [3.05, 3.63) is 65.2 Å². The van der Waals surface area contributed by atoms with Crippen LogP contribution in [-0.2, 0) is 22.7 Å². The van der Waals surface area contributed by atoms with E-state index in [2.05, 4.69) is 42.4 Å². The van der Waals surface area contributed by atoms with Crippen LogP contribution in [0, 0.1) is 17.3 Å². The number of carbonyl (C=O) groups is 1. The molecule has 3 aliphatic carbocycles. The van der Waals surface area contributed by atoms with E-state index in [4.69, 9.17) is 9.57 Å². The first kappa shape index (κ1) is 21.2. The Morgan fingerprint density at radius 2 is 1.94 bits per heavy atom. The van der Waals surface area contributed by atoms with Gasteiger partial charge in [0.2, 0.25) is 0 Å². The molecule has 0 heterocycles. The van der Waals surface area contributed by atoms with E-state index in [0.717, 1.165) is 37.9 Å². The van der Waals surface area contributed by atoms with Crippen molar-refractivity contribution < 1.29 is 14.4 Å². The van der Waals surface area contributed by atoms with E-state index in [1.807, 2.05) is 32.0 Å². The summed E-state index contributed by atoms with van der Waals surface area (Å²) in [5.41, 5.74) is 4.44. The van der Waals surface area contributed by atoms with Gasteiger partial charge in [-0.05, 0) is 86.1 Å². The van der Waals surface area contributed by atoms with Gasteiger partial charge >= 0.3 is 0 Å². The van der Waals surface area contributed by atoms with Gasteiger partial charge in [0.25, 0.3) is 0 Å². The maximum atomic E-state index is 13.2. The molecule has 2 aromatic rings. The lowest BCUT2D eigenvalue weighted by atomic mass is 9.55. The zero-order valence-electron chi connectivity index (χ0n) is 19.3. The molecule has 168 valence electrons. The highest BCUT2D eigenvalue weighted by atomic mass is 16.6. The third-order valence-electron chi connectivity index (χ3n) is 7.90. The summed E-state index contributed by atoms with van der Waals surface area (Å²) in [6.45, 7) is 6.66. The second kappa shape index (κ2) is 8.38. The number of aryl methyl sites for hydroxylation is 1. The molecule has 32 heavy (non-hydrogen) atoms. The second-order valence-corrected chi connectivity index (χ2v) is 10.2. The summed E-state index contributed by atoms with van der Waals surface area (Å²) < 4.78 is 6.08. The zero-order valence-corrected chi connectivity index (χ0v) is 19.3. The van der Waals surface area contributed by atoms with Gasteiger partial charge in [-0.1, -0.05) is 48.5 Å². The van der Waals surface area contributed by atoms with Crippen LogP contribution in [0.25, 0.3) is 0 Å². The quantitative estimate of drug-likeness (QED) is 0.539. The molecule has 0 aromatic heterocycles. The molecule has 2 aromatic carbocycles. The van der Waals surface area contributed by atoms with E-state index in [1.165, 1.54) is 16.7 Å². The Morgan fingerprint density at radius 3 is 2.72 bits per heavy atom. The first-order chi connectivity index (χ1) is 15.5. The second-order valence-electron chi connectivity index (χ2n) is 10.2. The standard InChI is InChI=1S/C28H33NO3/c1-18(2)32-29-26-16-25-24-11-9-20-15-21(31-17-19-7-5-4-6-8-19)10-12-22(20)23(24)13-14-28(25,3)27(26)30/h4-8,10,12,15,18,23-25H,9,11,13-14,16-17H2,1-3H3/b29-26+/t23-,24-,25+,28-/m1/s1. The number of benzene rings is 2. The van der Waals surface area contributed by atoms with Gasteiger partial charge in [0.1, 0.15) is 24.2 Å². The lowest BCUT2D eigenvalue weighted by Gasteiger charge is -2.47. The summed E-state index contributed by atoms with van der Waals surface area (Å²) in [7, 11) is 0. The van der Waals surface area contributed by atoms with Crippen molar-refractivity contribution in [1.82, 2.24) is 0 Å². The molecular weight excluding hydrogens is 398 g/mol. The molecule has 0 radical (unpaired) electrons. The summed E-state index contributed by atoms with van der Waals surface area (Å²) in [4.78, 5) is 18.7. The summed E-state index contributed by atoms with van der Waals surface area (Å²) >= 11 is 0. The highest BCUT2D eigenvalue weighted by Gasteiger charge is 2.57. The Bertz CT molecular complexity index is 1030. The molecule has 0 amide bonds. The first-order valence-corrected chi connectivity index (χ1v) is 12.0. The average molecular weight is 432 g/mol. The fraction of sp³-hybridized carbons (Fsp3) is 0.500. The fourth-order valence-corrected chi connectivity index (χ4v) is 6.25. The van der Waals surface area contributed by atoms with Crippen LogP contribution in [0.5, 0.6) is 5.75 Å². The average Bonchev–Trinajstić information content (AvgIpc) is 3.07. The topological polar surface area (TPSA) is 47.9 Å². The van der Waals surface area contributed by atoms with Crippen LogP contribution in [0.2, 0.25) is 0 Å². The molecule has 4 nitrogen and oxygen atoms in total. The number of fused-ring (bicyclic) bond motifs is 5. The summed E-state index contributed by atoms with van der Waals surface area (Å²) in [5.74, 6) is 2.59. The van der Waals surface area contributed by atoms with Crippen molar-refractivity contribution >= 4 is 11.5 Å². The van der Waals surface area contributed by atoms with Crippen molar-refractivity contribution in [2.45, 2.75) is 71.5 Å². The Morgan fingerprint density at radius 1 is 1.12 bits per heavy atom. The number of hydrogen-bond donors (Lipinski definition) is 0. The highest BCUT2D eigenvalue weighted by Crippen LogP contribution is 2.59. The number of oxime groups is 1. The van der Waals surface area contributed by atoms with E-state index < -0.39 is 0 Å². The molecule has 3 aliphatic rings. The van der Waals surface area contributed by atoms with Gasteiger partial charge in [0.15, 0.2) is 5.78 Å². The summed E-state index contributed by atoms with van der Waals surface area (Å²) in [5, 5.41) is 4.26. The molecule has 0 N–H and O–H groups in total. The zero-order chi connectivity index (χ0) is 22.3. The molecule has 4 atom stereocenters. The molecule has 0 saturated heterocycles. The number of hydrogen-bond acceptors (Lipinski definition) is 4. The van der Waals surface area contributed by atoms with Crippen LogP contribution in [0.15, 0.2) is 53.7 Å². The SMILES string of the molecule is CC(C)O/N=C1\C[C@H]2[C@@H]3CCc4cc(OCc5ccccc5)ccc4[C@H]3CC[C@@]2(C)C1=O. The molecule has 0 unspecified atom stereocenters. The minimum atomic E-state index is -0.281. The van der Waals surface area contributed by atoms with Crippen LogP contribution < -0.4 is 4.74 Å². The number of Topliss-reactive ketones (excluding diaryl/α,β-unsaturated/α-hetero) is 1. The summed E-state index contributed by atoms with van der Waals surface area (Å²) in [6.07, 6.45) is 4.94. The van der Waals surface area contributed by atoms with Crippen LogP contribution in [0.4, 0.5) is 0 Å². The minimum Gasteiger partial charge on any atom is -0.489 e. The highest BCUT2D eigenvalue weighted by molar-refractivity contribution is 6.43. The van der Waals surface area contributed by atoms with Gasteiger partial charge in [-0.3, -0.25) is 4.79 Å². The van der Waals surface area contributed by atoms with Crippen molar-refractivity contribution in [3.63, 3.8) is 0 Å². The number of ether oxygens (including phenoxy) is 1. The van der Waals surface area contributed by atoms with Gasteiger partial charge in [-0.15, -0.1) is 0 Å². The van der Waals surface area contributed by atoms with Crippen molar-refractivity contribution in [3.8, 4) is 5.75 Å². The van der Waals surface area contributed by atoms with Gasteiger partial charge in [0, 0.05) is 11.8 Å². The molecule has 5 rings (SSSR count). The Hall–Kier alpha value is -2.62. The van der Waals surface area contributed by atoms with Crippen LogP contribution in [0.3, 0.4) is 0 Å². The largest absolute Gasteiger partial charge is 0.489 e. The number of ketones is 1. The van der Waals surface area contributed by atoms with Gasteiger partial charge in [0.05, 0.1) is 0 Å². The van der Waals surface area contributed by atoms with Crippen molar-refractivity contribution in [2.24, 2.45) is 22.4 Å². The Labute approximate surface area is 191 Å². The number of rotatable bonds is 5. The van der Waals surface area contributed by atoms with E-state index in [9.17, 15) is 4.79 Å². The van der Waals surface area contributed by atoms with E-state index >= 15 is 0 Å². The van der Waals surface area contributed by atoms with Gasteiger partial charge < -0.3 is 9.57 Å². The fourth-order valence-electron chi connectivity index (χ4n) is 6.25. The number of nitrogens with zero attached hydrogens (tertiary/aromatic N) is 1. The van der Waals surface area contributed by atoms with Crippen LogP contribution in [0.1, 0.15) is 69.1 Å². The molecule has 4 heteroatoms. The monoisotopic (exact) mass is 431 g/mol. The van der Waals surface area contributed by atoms with E-state index in [1.54, 1.807) is 0 Å². The molecule has 2 saturated carbocycles. The number of carbonyl (C=O) groups excluding carboxylic acids is 1. The lowest BCUT2D eigenvalue weighted by Crippen LogP contribution is -2.42. The van der Waals surface area contributed by atoms with Crippen molar-refractivity contribution in [1.29, 1.82) is 0 Å². The van der Waals surface area contributed by atoms with Crippen LogP contribution in [-0.4, -0.2) is 17.6 Å². The third kappa shape index (κ3) is 3.74.